The summed E-state index contributed by atoms with van der Waals surface area (Å²) >= 11 is 0. The van der Waals surface area contributed by atoms with Gasteiger partial charge < -0.3 is 19.5 Å². The van der Waals surface area contributed by atoms with Gasteiger partial charge in [0.15, 0.2) is 5.82 Å². The third-order valence-electron chi connectivity index (χ3n) is 7.07. The lowest BCUT2D eigenvalue weighted by molar-refractivity contribution is -0.134. The summed E-state index contributed by atoms with van der Waals surface area (Å²) in [6.45, 7) is 3.06. The number of rotatable bonds is 7. The van der Waals surface area contributed by atoms with E-state index in [9.17, 15) is 9.59 Å². The van der Waals surface area contributed by atoms with Crippen molar-refractivity contribution in [3.8, 4) is 0 Å². The number of nitrogens with zero attached hydrogens (tertiary/aromatic N) is 3. The number of methoxy groups -OCH3 is 1. The highest BCUT2D eigenvalue weighted by Crippen LogP contribution is 2.50. The van der Waals surface area contributed by atoms with Crippen LogP contribution in [0.3, 0.4) is 0 Å². The van der Waals surface area contributed by atoms with Crippen LogP contribution in [-0.2, 0) is 19.7 Å². The Bertz CT molecular complexity index is 745. The van der Waals surface area contributed by atoms with E-state index < -0.39 is 0 Å². The molecule has 3 fully saturated rings. The molecule has 8 nitrogen and oxygen atoms in total. The van der Waals surface area contributed by atoms with E-state index in [4.69, 9.17) is 9.26 Å². The highest BCUT2D eigenvalue weighted by molar-refractivity contribution is 5.78. The maximum Gasteiger partial charge on any atom is 0.248 e. The van der Waals surface area contributed by atoms with Crippen LogP contribution in [0, 0.1) is 18.8 Å². The molecule has 8 heteroatoms. The van der Waals surface area contributed by atoms with Gasteiger partial charge in [-0.25, -0.2) is 0 Å². The number of carbonyl (C=O) groups is 2. The highest BCUT2D eigenvalue weighted by atomic mass is 16.5. The van der Waals surface area contributed by atoms with E-state index in [2.05, 4.69) is 15.5 Å². The van der Waals surface area contributed by atoms with E-state index in [1.807, 2.05) is 4.90 Å². The van der Waals surface area contributed by atoms with Gasteiger partial charge in [0, 0.05) is 32.7 Å². The molecule has 1 aromatic rings. The lowest BCUT2D eigenvalue weighted by Crippen LogP contribution is -2.40. The molecule has 1 N–H and O–H groups in total. The molecule has 1 saturated heterocycles. The largest absolute Gasteiger partial charge is 0.375 e. The first kappa shape index (κ1) is 20.3. The van der Waals surface area contributed by atoms with Crippen molar-refractivity contribution in [3.05, 3.63) is 11.7 Å². The number of nitrogens with one attached hydrogen (secondary N) is 1. The molecule has 3 aliphatic rings. The molecule has 160 valence electrons. The zero-order valence-corrected chi connectivity index (χ0v) is 17.5. The SMILES string of the molecule is COCC(=O)N1CC2C[C@@H](NC(=O)CCC3CCCC3)C[C@]2(c2nc(C)no2)C1. The van der Waals surface area contributed by atoms with Crippen molar-refractivity contribution in [2.24, 2.45) is 11.8 Å². The molecule has 0 spiro atoms. The number of carbonyl (C=O) groups excluding carboxylic acids is 2. The summed E-state index contributed by atoms with van der Waals surface area (Å²) in [7, 11) is 1.53. The van der Waals surface area contributed by atoms with Gasteiger partial charge in [-0.3, -0.25) is 9.59 Å². The summed E-state index contributed by atoms with van der Waals surface area (Å²) in [6.07, 6.45) is 8.31. The third kappa shape index (κ3) is 4.17. The molecule has 2 saturated carbocycles. The number of amides is 2. The predicted octanol–water partition coefficient (Wildman–Crippen LogP) is 1.97. The Labute approximate surface area is 171 Å². The first-order valence-electron chi connectivity index (χ1n) is 10.9. The molecule has 0 aromatic carbocycles. The molecule has 1 aromatic heterocycles. The van der Waals surface area contributed by atoms with Crippen molar-refractivity contribution in [1.82, 2.24) is 20.4 Å². The van der Waals surface area contributed by atoms with Gasteiger partial charge in [0.25, 0.3) is 0 Å². The zero-order chi connectivity index (χ0) is 20.4. The number of hydrogen-bond donors (Lipinski definition) is 1. The Hall–Kier alpha value is -1.96. The van der Waals surface area contributed by atoms with Crippen molar-refractivity contribution in [3.63, 3.8) is 0 Å². The van der Waals surface area contributed by atoms with Crippen LogP contribution >= 0.6 is 0 Å². The molecule has 2 amide bonds. The highest BCUT2D eigenvalue weighted by Gasteiger charge is 2.58. The van der Waals surface area contributed by atoms with Crippen molar-refractivity contribution < 1.29 is 18.8 Å². The normalized spacial score (nSPS) is 29.4. The fourth-order valence-electron chi connectivity index (χ4n) is 5.65. The van der Waals surface area contributed by atoms with Gasteiger partial charge in [0.1, 0.15) is 6.61 Å². The molecule has 1 aliphatic heterocycles. The molecule has 0 bridgehead atoms. The minimum atomic E-state index is -0.381. The molecule has 0 radical (unpaired) electrons. The number of aryl methyl sites for hydroxylation is 1. The van der Waals surface area contributed by atoms with Crippen molar-refractivity contribution in [2.75, 3.05) is 26.8 Å². The van der Waals surface area contributed by atoms with E-state index in [-0.39, 0.29) is 35.8 Å². The van der Waals surface area contributed by atoms with Gasteiger partial charge in [-0.05, 0) is 38.0 Å². The molecule has 2 aliphatic carbocycles. The first-order valence-corrected chi connectivity index (χ1v) is 10.9. The topological polar surface area (TPSA) is 97.6 Å². The van der Waals surface area contributed by atoms with Crippen LogP contribution in [0.15, 0.2) is 4.52 Å². The summed E-state index contributed by atoms with van der Waals surface area (Å²) in [5.74, 6) is 2.23. The summed E-state index contributed by atoms with van der Waals surface area (Å²) in [5.41, 5.74) is -0.381. The van der Waals surface area contributed by atoms with Crippen LogP contribution in [0.5, 0.6) is 0 Å². The van der Waals surface area contributed by atoms with Gasteiger partial charge in [-0.15, -0.1) is 0 Å². The maximum atomic E-state index is 12.5. The molecule has 29 heavy (non-hydrogen) atoms. The molecular formula is C21H32N4O4. The van der Waals surface area contributed by atoms with Gasteiger partial charge in [-0.2, -0.15) is 4.98 Å². The monoisotopic (exact) mass is 404 g/mol. The van der Waals surface area contributed by atoms with Gasteiger partial charge in [-0.1, -0.05) is 30.8 Å². The Morgan fingerprint density at radius 2 is 2.14 bits per heavy atom. The Kier molecular flexibility index (Phi) is 5.90. The van der Waals surface area contributed by atoms with Gasteiger partial charge >= 0.3 is 0 Å². The number of likely N-dealkylation sites (tertiary alicyclic amines) is 1. The fraction of sp³-hybridized carbons (Fsp3) is 0.810. The Morgan fingerprint density at radius 3 is 2.83 bits per heavy atom. The van der Waals surface area contributed by atoms with Crippen LogP contribution < -0.4 is 5.32 Å². The van der Waals surface area contributed by atoms with E-state index in [0.717, 1.165) is 25.2 Å². The van der Waals surface area contributed by atoms with Crippen LogP contribution in [0.2, 0.25) is 0 Å². The average molecular weight is 405 g/mol. The number of ether oxygens (including phenoxy) is 1. The second kappa shape index (κ2) is 8.42. The lowest BCUT2D eigenvalue weighted by Gasteiger charge is -2.25. The van der Waals surface area contributed by atoms with Crippen LogP contribution in [0.1, 0.15) is 63.1 Å². The summed E-state index contributed by atoms with van der Waals surface area (Å²) in [4.78, 5) is 31.3. The average Bonchev–Trinajstić information content (AvgIpc) is 3.43. The van der Waals surface area contributed by atoms with Crippen molar-refractivity contribution in [1.29, 1.82) is 0 Å². The molecule has 4 rings (SSSR count). The fourth-order valence-corrected chi connectivity index (χ4v) is 5.65. The summed E-state index contributed by atoms with van der Waals surface area (Å²) < 4.78 is 10.6. The predicted molar refractivity (Wildman–Crippen MR) is 105 cm³/mol. The van der Waals surface area contributed by atoms with Crippen molar-refractivity contribution >= 4 is 11.8 Å². The zero-order valence-electron chi connectivity index (χ0n) is 17.5. The maximum absolute atomic E-state index is 12.5. The molecule has 3 atom stereocenters. The van der Waals surface area contributed by atoms with Crippen LogP contribution in [0.25, 0.3) is 0 Å². The number of hydrogen-bond acceptors (Lipinski definition) is 6. The van der Waals surface area contributed by atoms with E-state index in [1.54, 1.807) is 6.92 Å². The van der Waals surface area contributed by atoms with E-state index in [0.29, 0.717) is 31.2 Å². The number of fused-ring (bicyclic) bond motifs is 1. The standard InChI is InChI=1S/C21H32N4O4/c1-14-22-20(29-24-14)21-10-17(23-18(26)8-7-15-5-3-4-6-15)9-16(21)11-25(13-21)19(27)12-28-2/h15-17H,3-13H2,1-2H3,(H,23,26)/t16?,17-,21+/m1/s1. The van der Waals surface area contributed by atoms with Gasteiger partial charge in [0.05, 0.1) is 5.41 Å². The lowest BCUT2D eigenvalue weighted by atomic mass is 9.80. The minimum Gasteiger partial charge on any atom is -0.375 e. The second-order valence-electron chi connectivity index (χ2n) is 9.10. The van der Waals surface area contributed by atoms with Crippen molar-refractivity contribution in [2.45, 2.75) is 69.7 Å². The first-order chi connectivity index (χ1) is 14.0. The Morgan fingerprint density at radius 1 is 1.34 bits per heavy atom. The molecular weight excluding hydrogens is 372 g/mol. The Balaban J connectivity index is 1.41. The molecule has 2 heterocycles. The van der Waals surface area contributed by atoms with E-state index >= 15 is 0 Å². The smallest absolute Gasteiger partial charge is 0.248 e. The second-order valence-corrected chi connectivity index (χ2v) is 9.10. The quantitative estimate of drug-likeness (QED) is 0.746. The summed E-state index contributed by atoms with van der Waals surface area (Å²) in [6, 6.07) is 0.0861. The third-order valence-corrected chi connectivity index (χ3v) is 7.07. The van der Waals surface area contributed by atoms with Crippen LogP contribution in [-0.4, -0.2) is 59.7 Å². The minimum absolute atomic E-state index is 0.0188. The molecule has 1 unspecified atom stereocenters. The summed E-state index contributed by atoms with van der Waals surface area (Å²) in [5, 5.41) is 7.23. The van der Waals surface area contributed by atoms with Crippen LogP contribution in [0.4, 0.5) is 0 Å². The number of aromatic nitrogens is 2. The van der Waals surface area contributed by atoms with E-state index in [1.165, 1.54) is 32.8 Å². The van der Waals surface area contributed by atoms with Gasteiger partial charge in [0.2, 0.25) is 17.7 Å².